The van der Waals surface area contributed by atoms with Gasteiger partial charge < -0.3 is 5.32 Å². The first kappa shape index (κ1) is 12.6. The van der Waals surface area contributed by atoms with Gasteiger partial charge in [-0.2, -0.15) is 0 Å². The number of rotatable bonds is 3. The SMILES string of the molecule is CC(C)CNC(=O)c1cc2c(s1)CCCCC2. The Morgan fingerprint density at radius 1 is 1.35 bits per heavy atom. The summed E-state index contributed by atoms with van der Waals surface area (Å²) in [6, 6.07) is 2.11. The molecule has 17 heavy (non-hydrogen) atoms. The van der Waals surface area contributed by atoms with Gasteiger partial charge in [0, 0.05) is 11.4 Å². The Balaban J connectivity index is 2.04. The lowest BCUT2D eigenvalue weighted by Crippen LogP contribution is -2.26. The average molecular weight is 251 g/mol. The molecule has 0 fully saturated rings. The van der Waals surface area contributed by atoms with E-state index in [0.717, 1.165) is 24.3 Å². The lowest BCUT2D eigenvalue weighted by molar-refractivity contribution is 0.0953. The van der Waals surface area contributed by atoms with E-state index >= 15 is 0 Å². The van der Waals surface area contributed by atoms with Crippen molar-refractivity contribution < 1.29 is 4.79 Å². The molecular weight excluding hydrogens is 230 g/mol. The number of nitrogens with one attached hydrogen (secondary N) is 1. The van der Waals surface area contributed by atoms with Gasteiger partial charge in [-0.15, -0.1) is 11.3 Å². The topological polar surface area (TPSA) is 29.1 Å². The van der Waals surface area contributed by atoms with Crippen LogP contribution in [0, 0.1) is 5.92 Å². The highest BCUT2D eigenvalue weighted by Crippen LogP contribution is 2.28. The zero-order valence-corrected chi connectivity index (χ0v) is 11.5. The van der Waals surface area contributed by atoms with Crippen LogP contribution in [0.15, 0.2) is 6.07 Å². The van der Waals surface area contributed by atoms with Gasteiger partial charge in [-0.1, -0.05) is 20.3 Å². The molecule has 1 heterocycles. The summed E-state index contributed by atoms with van der Waals surface area (Å²) in [6.07, 6.45) is 6.20. The highest BCUT2D eigenvalue weighted by Gasteiger charge is 2.16. The summed E-state index contributed by atoms with van der Waals surface area (Å²) < 4.78 is 0. The fourth-order valence-electron chi connectivity index (χ4n) is 2.16. The van der Waals surface area contributed by atoms with Gasteiger partial charge in [0.2, 0.25) is 0 Å². The summed E-state index contributed by atoms with van der Waals surface area (Å²) in [6.45, 7) is 5.00. The molecule has 1 aliphatic rings. The number of amides is 1. The monoisotopic (exact) mass is 251 g/mol. The van der Waals surface area contributed by atoms with E-state index in [-0.39, 0.29) is 5.91 Å². The van der Waals surface area contributed by atoms with Crippen LogP contribution in [0.5, 0.6) is 0 Å². The Bertz CT molecular complexity index is 371. The second kappa shape index (κ2) is 5.67. The number of hydrogen-bond acceptors (Lipinski definition) is 2. The van der Waals surface area contributed by atoms with Crippen molar-refractivity contribution in [3.8, 4) is 0 Å². The number of carbonyl (C=O) groups excluding carboxylic acids is 1. The van der Waals surface area contributed by atoms with Gasteiger partial charge in [0.1, 0.15) is 0 Å². The van der Waals surface area contributed by atoms with Crippen LogP contribution >= 0.6 is 11.3 Å². The van der Waals surface area contributed by atoms with Gasteiger partial charge in [0.25, 0.3) is 5.91 Å². The van der Waals surface area contributed by atoms with E-state index < -0.39 is 0 Å². The Morgan fingerprint density at radius 2 is 2.12 bits per heavy atom. The molecule has 3 heteroatoms. The van der Waals surface area contributed by atoms with Gasteiger partial charge in [0.15, 0.2) is 0 Å². The summed E-state index contributed by atoms with van der Waals surface area (Å²) in [5.41, 5.74) is 1.42. The number of hydrogen-bond donors (Lipinski definition) is 1. The van der Waals surface area contributed by atoms with Crippen molar-refractivity contribution in [2.24, 2.45) is 5.92 Å². The smallest absolute Gasteiger partial charge is 0.261 e. The Morgan fingerprint density at radius 3 is 2.88 bits per heavy atom. The second-order valence-corrected chi connectivity index (χ2v) is 6.36. The van der Waals surface area contributed by atoms with Gasteiger partial charge in [-0.3, -0.25) is 4.79 Å². The van der Waals surface area contributed by atoms with E-state index in [2.05, 4.69) is 25.2 Å². The molecule has 0 atom stereocenters. The third kappa shape index (κ3) is 3.32. The van der Waals surface area contributed by atoms with Crippen LogP contribution in [-0.4, -0.2) is 12.5 Å². The minimum atomic E-state index is 0.108. The minimum Gasteiger partial charge on any atom is -0.351 e. The maximum absolute atomic E-state index is 12.0. The Kier molecular flexibility index (Phi) is 4.21. The molecule has 0 saturated heterocycles. The van der Waals surface area contributed by atoms with Crippen molar-refractivity contribution in [2.45, 2.75) is 46.0 Å². The van der Waals surface area contributed by atoms with E-state index in [4.69, 9.17) is 0 Å². The normalized spacial score (nSPS) is 15.5. The van der Waals surface area contributed by atoms with Gasteiger partial charge in [-0.25, -0.2) is 0 Å². The molecule has 2 nitrogen and oxygen atoms in total. The van der Waals surface area contributed by atoms with Crippen LogP contribution < -0.4 is 5.32 Å². The van der Waals surface area contributed by atoms with Crippen LogP contribution in [0.4, 0.5) is 0 Å². The number of aryl methyl sites for hydroxylation is 2. The molecule has 1 N–H and O–H groups in total. The van der Waals surface area contributed by atoms with Crippen molar-refractivity contribution in [1.82, 2.24) is 5.32 Å². The highest BCUT2D eigenvalue weighted by molar-refractivity contribution is 7.14. The van der Waals surface area contributed by atoms with E-state index in [1.807, 2.05) is 0 Å². The van der Waals surface area contributed by atoms with Crippen LogP contribution in [0.1, 0.15) is 53.2 Å². The first-order valence-corrected chi connectivity index (χ1v) is 7.38. The fourth-order valence-corrected chi connectivity index (χ4v) is 3.33. The lowest BCUT2D eigenvalue weighted by Gasteiger charge is -2.05. The van der Waals surface area contributed by atoms with Gasteiger partial charge in [-0.05, 0) is 43.2 Å². The molecule has 1 aromatic rings. The predicted octanol–water partition coefficient (Wildman–Crippen LogP) is 3.40. The molecular formula is C14H21NOS. The fraction of sp³-hybridized carbons (Fsp3) is 0.643. The molecule has 0 radical (unpaired) electrons. The molecule has 1 aliphatic carbocycles. The summed E-state index contributed by atoms with van der Waals surface area (Å²) in [5.74, 6) is 0.619. The number of thiophene rings is 1. The summed E-state index contributed by atoms with van der Waals surface area (Å²) in [4.78, 5) is 14.3. The maximum atomic E-state index is 12.0. The van der Waals surface area contributed by atoms with E-state index in [9.17, 15) is 4.79 Å². The molecule has 0 unspecified atom stereocenters. The zero-order chi connectivity index (χ0) is 12.3. The van der Waals surface area contributed by atoms with Crippen molar-refractivity contribution in [1.29, 1.82) is 0 Å². The Labute approximate surface area is 107 Å². The van der Waals surface area contributed by atoms with Crippen LogP contribution in [0.3, 0.4) is 0 Å². The van der Waals surface area contributed by atoms with Crippen molar-refractivity contribution in [3.63, 3.8) is 0 Å². The largest absolute Gasteiger partial charge is 0.351 e. The maximum Gasteiger partial charge on any atom is 0.261 e. The van der Waals surface area contributed by atoms with Gasteiger partial charge in [0.05, 0.1) is 4.88 Å². The van der Waals surface area contributed by atoms with Crippen molar-refractivity contribution >= 4 is 17.2 Å². The van der Waals surface area contributed by atoms with Crippen molar-refractivity contribution in [2.75, 3.05) is 6.54 Å². The molecule has 0 aromatic carbocycles. The highest BCUT2D eigenvalue weighted by atomic mass is 32.1. The first-order chi connectivity index (χ1) is 8.16. The third-order valence-electron chi connectivity index (χ3n) is 3.14. The van der Waals surface area contributed by atoms with Crippen molar-refractivity contribution in [3.05, 3.63) is 21.4 Å². The molecule has 0 saturated carbocycles. The quantitative estimate of drug-likeness (QED) is 0.820. The molecule has 1 aromatic heterocycles. The Hall–Kier alpha value is -0.830. The number of fused-ring (bicyclic) bond motifs is 1. The second-order valence-electron chi connectivity index (χ2n) is 5.22. The minimum absolute atomic E-state index is 0.108. The van der Waals surface area contributed by atoms with Crippen LogP contribution in [-0.2, 0) is 12.8 Å². The van der Waals surface area contributed by atoms with Gasteiger partial charge >= 0.3 is 0 Å². The summed E-state index contributed by atoms with van der Waals surface area (Å²) in [5, 5.41) is 2.99. The summed E-state index contributed by atoms with van der Waals surface area (Å²) >= 11 is 1.70. The predicted molar refractivity (Wildman–Crippen MR) is 72.7 cm³/mol. The van der Waals surface area contributed by atoms with E-state index in [1.165, 1.54) is 29.7 Å². The molecule has 94 valence electrons. The standard InChI is InChI=1S/C14H21NOS/c1-10(2)9-15-14(16)13-8-11-6-4-3-5-7-12(11)17-13/h8,10H,3-7,9H2,1-2H3,(H,15,16). The molecule has 0 bridgehead atoms. The van der Waals surface area contributed by atoms with E-state index in [0.29, 0.717) is 5.92 Å². The first-order valence-electron chi connectivity index (χ1n) is 6.56. The molecule has 1 amide bonds. The summed E-state index contributed by atoms with van der Waals surface area (Å²) in [7, 11) is 0. The third-order valence-corrected chi connectivity index (χ3v) is 4.38. The molecule has 0 spiro atoms. The lowest BCUT2D eigenvalue weighted by atomic mass is 10.1. The zero-order valence-electron chi connectivity index (χ0n) is 10.7. The average Bonchev–Trinajstić information content (AvgIpc) is 2.58. The molecule has 0 aliphatic heterocycles. The van der Waals surface area contributed by atoms with Crippen LogP contribution in [0.25, 0.3) is 0 Å². The van der Waals surface area contributed by atoms with E-state index in [1.54, 1.807) is 11.3 Å². The van der Waals surface area contributed by atoms with Crippen LogP contribution in [0.2, 0.25) is 0 Å². The molecule has 2 rings (SSSR count). The number of carbonyl (C=O) groups is 1.